The molecule has 1 aromatic heterocycles. The van der Waals surface area contributed by atoms with E-state index in [4.69, 9.17) is 0 Å². The number of carbonyl (C=O) groups excluding carboxylic acids is 1. The number of ether oxygens (including phenoxy) is 1. The van der Waals surface area contributed by atoms with E-state index >= 15 is 0 Å². The van der Waals surface area contributed by atoms with E-state index in [1.165, 1.54) is 0 Å². The lowest BCUT2D eigenvalue weighted by atomic mass is 10.0. The number of carbonyl (C=O) groups is 1. The van der Waals surface area contributed by atoms with Gasteiger partial charge in [0.25, 0.3) is 5.91 Å². The van der Waals surface area contributed by atoms with Gasteiger partial charge in [0, 0.05) is 25.0 Å². The molecule has 0 unspecified atom stereocenters. The average molecular weight is 334 g/mol. The van der Waals surface area contributed by atoms with Crippen LogP contribution in [0.1, 0.15) is 40.0 Å². The second kappa shape index (κ2) is 7.38. The Balaban J connectivity index is 2.26. The average Bonchev–Trinajstić information content (AvgIpc) is 2.56. The van der Waals surface area contributed by atoms with E-state index in [9.17, 15) is 13.6 Å². The van der Waals surface area contributed by atoms with Crippen molar-refractivity contribution in [3.63, 3.8) is 0 Å². The molecule has 0 aliphatic heterocycles. The Morgan fingerprint density at radius 2 is 1.88 bits per heavy atom. The van der Waals surface area contributed by atoms with E-state index in [-0.39, 0.29) is 17.7 Å². The smallest absolute Gasteiger partial charge is 0.387 e. The summed E-state index contributed by atoms with van der Waals surface area (Å²) < 4.78 is 29.4. The number of amides is 1. The molecule has 0 saturated carbocycles. The largest absolute Gasteiger partial charge is 0.434 e. The van der Waals surface area contributed by atoms with Crippen LogP contribution in [0.25, 0.3) is 0 Å². The lowest BCUT2D eigenvalue weighted by molar-refractivity contribution is -0.0507. The molecule has 0 spiro atoms. The summed E-state index contributed by atoms with van der Waals surface area (Å²) in [6.07, 6.45) is 3.39. The van der Waals surface area contributed by atoms with Gasteiger partial charge >= 0.3 is 6.61 Å². The van der Waals surface area contributed by atoms with Gasteiger partial charge in [-0.2, -0.15) is 8.78 Å². The summed E-state index contributed by atoms with van der Waals surface area (Å²) in [5.74, 6) is -0.0781. The van der Waals surface area contributed by atoms with Gasteiger partial charge in [0.15, 0.2) is 0 Å². The second-order valence-corrected chi connectivity index (χ2v) is 5.70. The standard InChI is InChI=1S/C18H20F2N2O2/c1-11-8-15(9-12(2)16(11)24-18(19)20)17(23)22(4)13(3)14-6-5-7-21-10-14/h5-10,13,18H,1-4H3/t13-/m1/s1. The molecule has 1 amide bonds. The molecule has 0 fully saturated rings. The number of nitrogens with zero attached hydrogens (tertiary/aromatic N) is 2. The van der Waals surface area contributed by atoms with Crippen LogP contribution in [0.4, 0.5) is 8.78 Å². The van der Waals surface area contributed by atoms with E-state index in [1.807, 2.05) is 19.1 Å². The third-order valence-corrected chi connectivity index (χ3v) is 3.98. The highest BCUT2D eigenvalue weighted by atomic mass is 19.3. The van der Waals surface area contributed by atoms with Crippen LogP contribution in [-0.2, 0) is 0 Å². The lowest BCUT2D eigenvalue weighted by Gasteiger charge is -2.25. The maximum absolute atomic E-state index is 12.7. The molecule has 0 radical (unpaired) electrons. The summed E-state index contributed by atoms with van der Waals surface area (Å²) in [5.41, 5.74) is 2.35. The van der Waals surface area contributed by atoms with Crippen LogP contribution >= 0.6 is 0 Å². The number of hydrogen-bond acceptors (Lipinski definition) is 3. The zero-order valence-corrected chi connectivity index (χ0v) is 14.1. The molecule has 2 rings (SSSR count). The van der Waals surface area contributed by atoms with Crippen molar-refractivity contribution in [3.05, 3.63) is 58.9 Å². The van der Waals surface area contributed by atoms with Crippen molar-refractivity contribution in [2.45, 2.75) is 33.4 Å². The van der Waals surface area contributed by atoms with Crippen molar-refractivity contribution in [1.29, 1.82) is 0 Å². The number of benzene rings is 1. The Bertz CT molecular complexity index is 697. The highest BCUT2D eigenvalue weighted by molar-refractivity contribution is 5.95. The molecule has 1 aromatic carbocycles. The Morgan fingerprint density at radius 3 is 2.38 bits per heavy atom. The van der Waals surface area contributed by atoms with Gasteiger partial charge in [-0.15, -0.1) is 0 Å². The van der Waals surface area contributed by atoms with Crippen molar-refractivity contribution in [1.82, 2.24) is 9.88 Å². The molecule has 0 N–H and O–H groups in total. The Kier molecular flexibility index (Phi) is 5.49. The third kappa shape index (κ3) is 3.88. The van der Waals surface area contributed by atoms with Crippen molar-refractivity contribution in [2.75, 3.05) is 7.05 Å². The van der Waals surface area contributed by atoms with Crippen LogP contribution in [0, 0.1) is 13.8 Å². The number of alkyl halides is 2. The van der Waals surface area contributed by atoms with Gasteiger partial charge < -0.3 is 9.64 Å². The van der Waals surface area contributed by atoms with Gasteiger partial charge in [0.05, 0.1) is 6.04 Å². The van der Waals surface area contributed by atoms with Gasteiger partial charge in [-0.25, -0.2) is 0 Å². The summed E-state index contributed by atoms with van der Waals surface area (Å²) in [6, 6.07) is 6.69. The fourth-order valence-corrected chi connectivity index (χ4v) is 2.57. The van der Waals surface area contributed by atoms with Gasteiger partial charge in [-0.1, -0.05) is 6.07 Å². The minimum atomic E-state index is -2.89. The molecule has 6 heteroatoms. The first-order valence-corrected chi connectivity index (χ1v) is 7.54. The number of aromatic nitrogens is 1. The first kappa shape index (κ1) is 17.8. The molecular weight excluding hydrogens is 314 g/mol. The summed E-state index contributed by atoms with van der Waals surface area (Å²) >= 11 is 0. The highest BCUT2D eigenvalue weighted by Crippen LogP contribution is 2.28. The summed E-state index contributed by atoms with van der Waals surface area (Å²) in [5, 5.41) is 0. The predicted octanol–water partition coefficient (Wildman–Crippen LogP) is 4.13. The maximum atomic E-state index is 12.7. The molecule has 2 aromatic rings. The number of halogens is 2. The van der Waals surface area contributed by atoms with E-state index in [2.05, 4.69) is 9.72 Å². The fraction of sp³-hybridized carbons (Fsp3) is 0.333. The summed E-state index contributed by atoms with van der Waals surface area (Å²) in [6.45, 7) is 2.30. The Hall–Kier alpha value is -2.50. The summed E-state index contributed by atoms with van der Waals surface area (Å²) in [4.78, 5) is 18.4. The number of aryl methyl sites for hydroxylation is 2. The Morgan fingerprint density at radius 1 is 1.25 bits per heavy atom. The quantitative estimate of drug-likeness (QED) is 0.825. The highest BCUT2D eigenvalue weighted by Gasteiger charge is 2.21. The van der Waals surface area contributed by atoms with Gasteiger partial charge in [-0.3, -0.25) is 9.78 Å². The van der Waals surface area contributed by atoms with Crippen molar-refractivity contribution < 1.29 is 18.3 Å². The first-order chi connectivity index (χ1) is 11.3. The van der Waals surface area contributed by atoms with E-state index in [0.29, 0.717) is 16.7 Å². The monoisotopic (exact) mass is 334 g/mol. The molecule has 0 saturated heterocycles. The van der Waals surface area contributed by atoms with E-state index in [0.717, 1.165) is 5.56 Å². The minimum absolute atomic E-state index is 0.115. The van der Waals surface area contributed by atoms with Crippen molar-refractivity contribution >= 4 is 5.91 Å². The molecule has 4 nitrogen and oxygen atoms in total. The van der Waals surface area contributed by atoms with Crippen LogP contribution in [0.3, 0.4) is 0 Å². The molecule has 0 bridgehead atoms. The van der Waals surface area contributed by atoms with E-state index < -0.39 is 6.61 Å². The van der Waals surface area contributed by atoms with Crippen molar-refractivity contribution in [2.24, 2.45) is 0 Å². The number of hydrogen-bond donors (Lipinski definition) is 0. The Labute approximate surface area is 140 Å². The topological polar surface area (TPSA) is 42.4 Å². The maximum Gasteiger partial charge on any atom is 0.387 e. The zero-order chi connectivity index (χ0) is 17.9. The van der Waals surface area contributed by atoms with Crippen LogP contribution in [0.5, 0.6) is 5.75 Å². The van der Waals surface area contributed by atoms with E-state index in [1.54, 1.807) is 50.3 Å². The first-order valence-electron chi connectivity index (χ1n) is 7.54. The second-order valence-electron chi connectivity index (χ2n) is 5.70. The lowest BCUT2D eigenvalue weighted by Crippen LogP contribution is -2.29. The van der Waals surface area contributed by atoms with Crippen LogP contribution in [0.2, 0.25) is 0 Å². The molecule has 0 aliphatic rings. The molecule has 0 aliphatic carbocycles. The molecule has 1 heterocycles. The fourth-order valence-electron chi connectivity index (χ4n) is 2.57. The van der Waals surface area contributed by atoms with Gasteiger partial charge in [0.2, 0.25) is 0 Å². The predicted molar refractivity (Wildman–Crippen MR) is 87.3 cm³/mol. The minimum Gasteiger partial charge on any atom is -0.434 e. The van der Waals surface area contributed by atoms with Crippen LogP contribution in [0.15, 0.2) is 36.7 Å². The molecule has 24 heavy (non-hydrogen) atoms. The van der Waals surface area contributed by atoms with Crippen molar-refractivity contribution in [3.8, 4) is 5.75 Å². The van der Waals surface area contributed by atoms with Crippen LogP contribution < -0.4 is 4.74 Å². The third-order valence-electron chi connectivity index (χ3n) is 3.98. The normalized spacial score (nSPS) is 12.1. The SMILES string of the molecule is Cc1cc(C(=O)N(C)[C@H](C)c2cccnc2)cc(C)c1OC(F)F. The van der Waals surface area contributed by atoms with Gasteiger partial charge in [0.1, 0.15) is 5.75 Å². The number of rotatable bonds is 5. The van der Waals surface area contributed by atoms with Gasteiger partial charge in [-0.05, 0) is 55.7 Å². The molecule has 1 atom stereocenters. The summed E-state index contributed by atoms with van der Waals surface area (Å²) in [7, 11) is 1.70. The number of pyridine rings is 1. The molecular formula is C18H20F2N2O2. The van der Waals surface area contributed by atoms with Crippen LogP contribution in [-0.4, -0.2) is 29.5 Å². The molecule has 128 valence electrons. The zero-order valence-electron chi connectivity index (χ0n) is 14.1.